The predicted octanol–water partition coefficient (Wildman–Crippen LogP) is 2.83. The van der Waals surface area contributed by atoms with Gasteiger partial charge < -0.3 is 10.6 Å². The van der Waals surface area contributed by atoms with Crippen LogP contribution in [0.5, 0.6) is 0 Å². The number of anilines is 2. The molecule has 1 aromatic carbocycles. The molecule has 0 saturated carbocycles. The molecule has 2 rings (SSSR count). The third-order valence-corrected chi connectivity index (χ3v) is 3.30. The minimum absolute atomic E-state index is 0.661. The predicted molar refractivity (Wildman–Crippen MR) is 81.1 cm³/mol. The van der Waals surface area contributed by atoms with Gasteiger partial charge in [0.25, 0.3) is 0 Å². The zero-order valence-corrected chi connectivity index (χ0v) is 12.2. The summed E-state index contributed by atoms with van der Waals surface area (Å²) in [5.74, 6) is 0. The molecule has 0 aromatic heterocycles. The SMILES string of the molecule is CC.CC(C)N1CCN(c2ccc(N)cc2)CC1. The Labute approximate surface area is 112 Å². The van der Waals surface area contributed by atoms with Crippen LogP contribution in [0.15, 0.2) is 24.3 Å². The average Bonchev–Trinajstić information content (AvgIpc) is 2.42. The largest absolute Gasteiger partial charge is 0.399 e. The van der Waals surface area contributed by atoms with E-state index >= 15 is 0 Å². The van der Waals surface area contributed by atoms with Crippen LogP contribution < -0.4 is 10.6 Å². The summed E-state index contributed by atoms with van der Waals surface area (Å²) in [5, 5.41) is 0. The topological polar surface area (TPSA) is 32.5 Å². The minimum atomic E-state index is 0.661. The lowest BCUT2D eigenvalue weighted by Crippen LogP contribution is -2.48. The van der Waals surface area contributed by atoms with Crippen molar-refractivity contribution in [1.82, 2.24) is 4.90 Å². The number of rotatable bonds is 2. The van der Waals surface area contributed by atoms with Gasteiger partial charge >= 0.3 is 0 Å². The summed E-state index contributed by atoms with van der Waals surface area (Å²) in [7, 11) is 0. The van der Waals surface area contributed by atoms with Crippen LogP contribution in [0.25, 0.3) is 0 Å². The summed E-state index contributed by atoms with van der Waals surface area (Å²) in [4.78, 5) is 4.95. The van der Waals surface area contributed by atoms with Crippen LogP contribution in [0.2, 0.25) is 0 Å². The lowest BCUT2D eigenvalue weighted by molar-refractivity contribution is 0.209. The second kappa shape index (κ2) is 7.27. The monoisotopic (exact) mass is 249 g/mol. The van der Waals surface area contributed by atoms with Gasteiger partial charge in [-0.2, -0.15) is 0 Å². The summed E-state index contributed by atoms with van der Waals surface area (Å²) in [6.45, 7) is 13.1. The lowest BCUT2D eigenvalue weighted by atomic mass is 10.2. The molecule has 0 atom stereocenters. The number of benzene rings is 1. The zero-order chi connectivity index (χ0) is 13.5. The summed E-state index contributed by atoms with van der Waals surface area (Å²) < 4.78 is 0. The average molecular weight is 249 g/mol. The maximum Gasteiger partial charge on any atom is 0.0368 e. The Balaban J connectivity index is 0.000000771. The van der Waals surface area contributed by atoms with Crippen LogP contribution in [-0.4, -0.2) is 37.1 Å². The van der Waals surface area contributed by atoms with Crippen LogP contribution in [0.3, 0.4) is 0 Å². The van der Waals surface area contributed by atoms with E-state index in [1.54, 1.807) is 0 Å². The van der Waals surface area contributed by atoms with E-state index in [-0.39, 0.29) is 0 Å². The first-order valence-electron chi connectivity index (χ1n) is 7.01. The second-order valence-corrected chi connectivity index (χ2v) is 4.71. The van der Waals surface area contributed by atoms with Crippen molar-refractivity contribution in [3.63, 3.8) is 0 Å². The summed E-state index contributed by atoms with van der Waals surface area (Å²) in [5.41, 5.74) is 7.82. The van der Waals surface area contributed by atoms with Gasteiger partial charge in [0.1, 0.15) is 0 Å². The Morgan fingerprint density at radius 1 is 0.944 bits per heavy atom. The quantitative estimate of drug-likeness (QED) is 0.818. The normalized spacial score (nSPS) is 16.4. The molecule has 1 heterocycles. The maximum absolute atomic E-state index is 5.69. The first-order chi connectivity index (χ1) is 8.66. The summed E-state index contributed by atoms with van der Waals surface area (Å²) >= 11 is 0. The van der Waals surface area contributed by atoms with Gasteiger partial charge in [-0.3, -0.25) is 4.90 Å². The Bertz CT molecular complexity index is 324. The number of hydrogen-bond acceptors (Lipinski definition) is 3. The van der Waals surface area contributed by atoms with Crippen molar-refractivity contribution >= 4 is 11.4 Å². The van der Waals surface area contributed by atoms with Crippen LogP contribution in [0.4, 0.5) is 11.4 Å². The zero-order valence-electron chi connectivity index (χ0n) is 12.2. The summed E-state index contributed by atoms with van der Waals surface area (Å²) in [6, 6.07) is 8.84. The van der Waals surface area contributed by atoms with Crippen LogP contribution >= 0.6 is 0 Å². The fourth-order valence-corrected chi connectivity index (χ4v) is 2.18. The molecule has 0 radical (unpaired) electrons. The molecule has 1 saturated heterocycles. The smallest absolute Gasteiger partial charge is 0.0368 e. The van der Waals surface area contributed by atoms with Gasteiger partial charge in [0.15, 0.2) is 0 Å². The van der Waals surface area contributed by atoms with E-state index < -0.39 is 0 Å². The van der Waals surface area contributed by atoms with Crippen molar-refractivity contribution < 1.29 is 0 Å². The highest BCUT2D eigenvalue weighted by Crippen LogP contribution is 2.18. The molecule has 3 nitrogen and oxygen atoms in total. The molecule has 3 heteroatoms. The van der Waals surface area contributed by atoms with Crippen molar-refractivity contribution in [3.8, 4) is 0 Å². The van der Waals surface area contributed by atoms with E-state index in [2.05, 4.69) is 35.8 Å². The van der Waals surface area contributed by atoms with Crippen LogP contribution in [0.1, 0.15) is 27.7 Å². The molecule has 0 unspecified atom stereocenters. The molecule has 0 bridgehead atoms. The Hall–Kier alpha value is -1.22. The molecule has 0 aliphatic carbocycles. The van der Waals surface area contributed by atoms with Crippen molar-refractivity contribution in [2.75, 3.05) is 36.8 Å². The van der Waals surface area contributed by atoms with Crippen LogP contribution in [0, 0.1) is 0 Å². The molecular formula is C15H27N3. The molecule has 102 valence electrons. The first kappa shape index (κ1) is 14.8. The van der Waals surface area contributed by atoms with E-state index in [9.17, 15) is 0 Å². The number of nitrogens with two attached hydrogens (primary N) is 1. The molecule has 18 heavy (non-hydrogen) atoms. The molecule has 1 fully saturated rings. The molecular weight excluding hydrogens is 222 g/mol. The van der Waals surface area contributed by atoms with Gasteiger partial charge in [-0.25, -0.2) is 0 Å². The highest BCUT2D eigenvalue weighted by molar-refractivity contribution is 5.53. The molecule has 1 aliphatic heterocycles. The van der Waals surface area contributed by atoms with Crippen LogP contribution in [-0.2, 0) is 0 Å². The van der Waals surface area contributed by atoms with E-state index in [4.69, 9.17) is 5.73 Å². The first-order valence-corrected chi connectivity index (χ1v) is 7.01. The van der Waals surface area contributed by atoms with Crippen molar-refractivity contribution in [2.45, 2.75) is 33.7 Å². The van der Waals surface area contributed by atoms with Gasteiger partial charge in [0.2, 0.25) is 0 Å². The number of hydrogen-bond donors (Lipinski definition) is 1. The highest BCUT2D eigenvalue weighted by atomic mass is 15.3. The molecule has 1 aliphatic rings. The molecule has 2 N–H and O–H groups in total. The number of nitrogens with zero attached hydrogens (tertiary/aromatic N) is 2. The fraction of sp³-hybridized carbons (Fsp3) is 0.600. The minimum Gasteiger partial charge on any atom is -0.399 e. The van der Waals surface area contributed by atoms with E-state index in [1.165, 1.54) is 5.69 Å². The van der Waals surface area contributed by atoms with Crippen molar-refractivity contribution in [2.24, 2.45) is 0 Å². The Morgan fingerprint density at radius 3 is 1.89 bits per heavy atom. The molecule has 1 aromatic rings. The van der Waals surface area contributed by atoms with Gasteiger partial charge in [-0.15, -0.1) is 0 Å². The van der Waals surface area contributed by atoms with E-state index in [0.29, 0.717) is 6.04 Å². The standard InChI is InChI=1S/C13H21N3.C2H6/c1-11(2)15-7-9-16(10-8-15)13-5-3-12(14)4-6-13;1-2/h3-6,11H,7-10,14H2,1-2H3;1-2H3. The lowest BCUT2D eigenvalue weighted by Gasteiger charge is -2.38. The van der Waals surface area contributed by atoms with E-state index in [0.717, 1.165) is 31.9 Å². The Morgan fingerprint density at radius 2 is 1.44 bits per heavy atom. The highest BCUT2D eigenvalue weighted by Gasteiger charge is 2.18. The number of nitrogen functional groups attached to an aromatic ring is 1. The molecule has 0 amide bonds. The van der Waals surface area contributed by atoms with Gasteiger partial charge in [-0.05, 0) is 38.1 Å². The summed E-state index contributed by atoms with van der Waals surface area (Å²) in [6.07, 6.45) is 0. The number of piperazine rings is 1. The van der Waals surface area contributed by atoms with Crippen molar-refractivity contribution in [1.29, 1.82) is 0 Å². The third-order valence-electron chi connectivity index (χ3n) is 3.30. The third kappa shape index (κ3) is 3.91. The van der Waals surface area contributed by atoms with Gasteiger partial charge in [-0.1, -0.05) is 13.8 Å². The molecule has 0 spiro atoms. The Kier molecular flexibility index (Phi) is 5.99. The maximum atomic E-state index is 5.69. The fourth-order valence-electron chi connectivity index (χ4n) is 2.18. The second-order valence-electron chi connectivity index (χ2n) is 4.71. The van der Waals surface area contributed by atoms with Gasteiger partial charge in [0, 0.05) is 43.6 Å². The van der Waals surface area contributed by atoms with Gasteiger partial charge in [0.05, 0.1) is 0 Å². The van der Waals surface area contributed by atoms with Crippen molar-refractivity contribution in [3.05, 3.63) is 24.3 Å². The van der Waals surface area contributed by atoms with E-state index in [1.807, 2.05) is 26.0 Å².